The standard InChI is InChI=1S/C10H15N3O4/c1-6-4-7(12-13(6)2)9(15)11-5-8(14)10(16)17-3/h4,8,14H,5H2,1-3H3,(H,11,15). The number of aliphatic hydroxyl groups is 1. The number of methoxy groups -OCH3 is 1. The van der Waals surface area contributed by atoms with Gasteiger partial charge in [0.15, 0.2) is 6.10 Å². The number of carbonyl (C=O) groups excluding carboxylic acids is 2. The average Bonchev–Trinajstić information content (AvgIpc) is 2.65. The number of nitrogens with zero attached hydrogens (tertiary/aromatic N) is 2. The van der Waals surface area contributed by atoms with E-state index in [-0.39, 0.29) is 12.2 Å². The highest BCUT2D eigenvalue weighted by molar-refractivity contribution is 5.92. The Morgan fingerprint density at radius 1 is 1.65 bits per heavy atom. The highest BCUT2D eigenvalue weighted by atomic mass is 16.5. The minimum absolute atomic E-state index is 0.207. The maximum absolute atomic E-state index is 11.6. The van der Waals surface area contributed by atoms with Gasteiger partial charge in [0.05, 0.1) is 13.7 Å². The molecule has 1 rings (SSSR count). The maximum atomic E-state index is 11.6. The van der Waals surface area contributed by atoms with Crippen molar-refractivity contribution >= 4 is 11.9 Å². The zero-order valence-corrected chi connectivity index (χ0v) is 9.93. The number of amides is 1. The fraction of sp³-hybridized carbons (Fsp3) is 0.500. The number of aryl methyl sites for hydroxylation is 2. The van der Waals surface area contributed by atoms with E-state index in [0.29, 0.717) is 0 Å². The van der Waals surface area contributed by atoms with E-state index in [9.17, 15) is 14.7 Å². The predicted octanol–water partition coefficient (Wildman–Crippen LogP) is -1.01. The lowest BCUT2D eigenvalue weighted by Gasteiger charge is -2.08. The van der Waals surface area contributed by atoms with E-state index >= 15 is 0 Å². The molecule has 94 valence electrons. The molecule has 1 amide bonds. The van der Waals surface area contributed by atoms with Crippen molar-refractivity contribution in [3.63, 3.8) is 0 Å². The first-order chi connectivity index (χ1) is 7.95. The Bertz CT molecular complexity index is 408. The lowest BCUT2D eigenvalue weighted by atomic mass is 10.3. The van der Waals surface area contributed by atoms with Crippen LogP contribution < -0.4 is 5.32 Å². The van der Waals surface area contributed by atoms with Crippen molar-refractivity contribution < 1.29 is 19.4 Å². The molecule has 0 radical (unpaired) electrons. The van der Waals surface area contributed by atoms with Gasteiger partial charge in [-0.15, -0.1) is 0 Å². The minimum atomic E-state index is -1.37. The van der Waals surface area contributed by atoms with Gasteiger partial charge in [-0.25, -0.2) is 4.79 Å². The quantitative estimate of drug-likeness (QED) is 0.659. The number of aromatic nitrogens is 2. The van der Waals surface area contributed by atoms with E-state index in [1.165, 1.54) is 0 Å². The zero-order chi connectivity index (χ0) is 13.0. The van der Waals surface area contributed by atoms with Crippen LogP contribution in [0.5, 0.6) is 0 Å². The lowest BCUT2D eigenvalue weighted by molar-refractivity contribution is -0.149. The Hall–Kier alpha value is -1.89. The van der Waals surface area contributed by atoms with Crippen LogP contribution in [0.2, 0.25) is 0 Å². The van der Waals surface area contributed by atoms with Crippen LogP contribution in [0.1, 0.15) is 16.2 Å². The number of esters is 1. The molecule has 7 heteroatoms. The Morgan fingerprint density at radius 3 is 2.76 bits per heavy atom. The number of hydrogen-bond donors (Lipinski definition) is 2. The molecule has 0 fully saturated rings. The summed E-state index contributed by atoms with van der Waals surface area (Å²) in [7, 11) is 2.88. The fourth-order valence-electron chi connectivity index (χ4n) is 1.17. The molecule has 0 saturated carbocycles. The Labute approximate surface area is 98.4 Å². The van der Waals surface area contributed by atoms with Gasteiger partial charge < -0.3 is 15.2 Å². The first-order valence-electron chi connectivity index (χ1n) is 5.00. The van der Waals surface area contributed by atoms with Crippen molar-refractivity contribution in [1.82, 2.24) is 15.1 Å². The molecular formula is C10H15N3O4. The topological polar surface area (TPSA) is 93.5 Å². The van der Waals surface area contributed by atoms with E-state index in [4.69, 9.17) is 0 Å². The van der Waals surface area contributed by atoms with Gasteiger partial charge in [0.25, 0.3) is 5.91 Å². The SMILES string of the molecule is COC(=O)C(O)CNC(=O)c1cc(C)n(C)n1. The van der Waals surface area contributed by atoms with E-state index in [2.05, 4.69) is 15.2 Å². The Kier molecular flexibility index (Phi) is 4.22. The Morgan fingerprint density at radius 2 is 2.29 bits per heavy atom. The van der Waals surface area contributed by atoms with Crippen LogP contribution in [0.15, 0.2) is 6.07 Å². The van der Waals surface area contributed by atoms with Gasteiger partial charge in [0.1, 0.15) is 5.69 Å². The van der Waals surface area contributed by atoms with Gasteiger partial charge in [0, 0.05) is 12.7 Å². The second kappa shape index (κ2) is 5.44. The average molecular weight is 241 g/mol. The van der Waals surface area contributed by atoms with Gasteiger partial charge in [-0.3, -0.25) is 9.48 Å². The molecule has 0 aliphatic rings. The van der Waals surface area contributed by atoms with Gasteiger partial charge in [0.2, 0.25) is 0 Å². The summed E-state index contributed by atoms with van der Waals surface area (Å²) in [6, 6.07) is 1.61. The zero-order valence-electron chi connectivity index (χ0n) is 9.93. The molecule has 1 aromatic rings. The molecule has 0 spiro atoms. The number of ether oxygens (including phenoxy) is 1. The van der Waals surface area contributed by atoms with Crippen LogP contribution in [0.25, 0.3) is 0 Å². The van der Waals surface area contributed by atoms with E-state index < -0.39 is 18.0 Å². The predicted molar refractivity (Wildman–Crippen MR) is 58.3 cm³/mol. The third-order valence-corrected chi connectivity index (χ3v) is 2.28. The molecular weight excluding hydrogens is 226 g/mol. The number of hydrogen-bond acceptors (Lipinski definition) is 5. The number of aliphatic hydroxyl groups excluding tert-OH is 1. The van der Waals surface area contributed by atoms with Gasteiger partial charge in [-0.05, 0) is 13.0 Å². The summed E-state index contributed by atoms with van der Waals surface area (Å²) in [5.74, 6) is -1.24. The molecule has 1 unspecified atom stereocenters. The summed E-state index contributed by atoms with van der Waals surface area (Å²) in [6.07, 6.45) is -1.37. The molecule has 0 aliphatic heterocycles. The molecule has 17 heavy (non-hydrogen) atoms. The van der Waals surface area contributed by atoms with E-state index in [0.717, 1.165) is 12.8 Å². The number of rotatable bonds is 4. The lowest BCUT2D eigenvalue weighted by Crippen LogP contribution is -2.37. The monoisotopic (exact) mass is 241 g/mol. The van der Waals surface area contributed by atoms with Crippen LogP contribution in [0.3, 0.4) is 0 Å². The molecule has 0 aliphatic carbocycles. The Balaban J connectivity index is 2.53. The van der Waals surface area contributed by atoms with E-state index in [1.807, 2.05) is 6.92 Å². The first-order valence-corrected chi connectivity index (χ1v) is 5.00. The summed E-state index contributed by atoms with van der Waals surface area (Å²) in [5, 5.41) is 15.6. The highest BCUT2D eigenvalue weighted by Crippen LogP contribution is 2.00. The summed E-state index contributed by atoms with van der Waals surface area (Å²) < 4.78 is 5.87. The van der Waals surface area contributed by atoms with Crippen LogP contribution in [-0.4, -0.2) is 46.5 Å². The number of carbonyl (C=O) groups is 2. The van der Waals surface area contributed by atoms with Crippen LogP contribution >= 0.6 is 0 Å². The molecule has 2 N–H and O–H groups in total. The molecule has 0 bridgehead atoms. The summed E-state index contributed by atoms with van der Waals surface area (Å²) in [4.78, 5) is 22.5. The second-order valence-electron chi connectivity index (χ2n) is 3.54. The van der Waals surface area contributed by atoms with Crippen molar-refractivity contribution in [1.29, 1.82) is 0 Å². The van der Waals surface area contributed by atoms with Crippen molar-refractivity contribution in [3.05, 3.63) is 17.5 Å². The molecule has 1 aromatic heterocycles. The van der Waals surface area contributed by atoms with Gasteiger partial charge >= 0.3 is 5.97 Å². The molecule has 7 nitrogen and oxygen atoms in total. The third kappa shape index (κ3) is 3.28. The second-order valence-corrected chi connectivity index (χ2v) is 3.54. The first kappa shape index (κ1) is 13.2. The summed E-state index contributed by atoms with van der Waals surface area (Å²) in [6.45, 7) is 1.61. The van der Waals surface area contributed by atoms with Crippen LogP contribution in [-0.2, 0) is 16.6 Å². The molecule has 0 saturated heterocycles. The molecule has 1 atom stereocenters. The van der Waals surface area contributed by atoms with Crippen LogP contribution in [0, 0.1) is 6.92 Å². The largest absolute Gasteiger partial charge is 0.467 e. The van der Waals surface area contributed by atoms with Crippen LogP contribution in [0.4, 0.5) is 0 Å². The van der Waals surface area contributed by atoms with Gasteiger partial charge in [-0.1, -0.05) is 0 Å². The summed E-state index contributed by atoms with van der Waals surface area (Å²) in [5.41, 5.74) is 1.07. The normalized spacial score (nSPS) is 12.0. The molecule has 0 aromatic carbocycles. The molecule has 1 heterocycles. The maximum Gasteiger partial charge on any atom is 0.336 e. The summed E-state index contributed by atoms with van der Waals surface area (Å²) >= 11 is 0. The minimum Gasteiger partial charge on any atom is -0.467 e. The smallest absolute Gasteiger partial charge is 0.336 e. The van der Waals surface area contributed by atoms with Crippen molar-refractivity contribution in [2.45, 2.75) is 13.0 Å². The van der Waals surface area contributed by atoms with Crippen molar-refractivity contribution in [2.75, 3.05) is 13.7 Å². The van der Waals surface area contributed by atoms with Crippen molar-refractivity contribution in [2.24, 2.45) is 7.05 Å². The fourth-order valence-corrected chi connectivity index (χ4v) is 1.17. The highest BCUT2D eigenvalue weighted by Gasteiger charge is 2.17. The van der Waals surface area contributed by atoms with Gasteiger partial charge in [-0.2, -0.15) is 5.10 Å². The number of nitrogens with one attached hydrogen (secondary N) is 1. The van der Waals surface area contributed by atoms with Crippen molar-refractivity contribution in [3.8, 4) is 0 Å². The third-order valence-electron chi connectivity index (χ3n) is 2.28. The van der Waals surface area contributed by atoms with E-state index in [1.54, 1.807) is 17.8 Å².